The van der Waals surface area contributed by atoms with Gasteiger partial charge in [-0.25, -0.2) is 0 Å². The molecule has 0 fully saturated rings. The van der Waals surface area contributed by atoms with Crippen LogP contribution in [0.3, 0.4) is 0 Å². The Bertz CT molecular complexity index is 615. The molecule has 5 nitrogen and oxygen atoms in total. The molecule has 2 rings (SSSR count). The number of rotatable bonds is 2. The van der Waals surface area contributed by atoms with E-state index in [1.165, 1.54) is 6.92 Å². The molecular weight excluding hydrogens is 390 g/mol. The predicted octanol–water partition coefficient (Wildman–Crippen LogP) is 2.46. The number of carbonyl (C=O) groups excluding carboxylic acids is 1. The van der Waals surface area contributed by atoms with Gasteiger partial charge in [-0.3, -0.25) is 4.79 Å². The predicted molar refractivity (Wildman–Crippen MR) is 72.6 cm³/mol. The molecule has 0 bridgehead atoms. The molecular formula is C10H9Br2NO4S. The van der Waals surface area contributed by atoms with E-state index in [-0.39, 0.29) is 18.0 Å². The van der Waals surface area contributed by atoms with E-state index >= 15 is 0 Å². The van der Waals surface area contributed by atoms with Gasteiger partial charge in [0.1, 0.15) is 5.78 Å². The van der Waals surface area contributed by atoms with Gasteiger partial charge < -0.3 is 4.18 Å². The summed E-state index contributed by atoms with van der Waals surface area (Å²) in [5.74, 6) is 0.120. The van der Waals surface area contributed by atoms with Gasteiger partial charge in [0, 0.05) is 16.5 Å². The highest BCUT2D eigenvalue weighted by Gasteiger charge is 2.32. The van der Waals surface area contributed by atoms with Crippen LogP contribution in [0.1, 0.15) is 24.9 Å². The third kappa shape index (κ3) is 2.93. The molecule has 0 saturated heterocycles. The van der Waals surface area contributed by atoms with Crippen molar-refractivity contribution in [3.63, 3.8) is 0 Å². The lowest BCUT2D eigenvalue weighted by Crippen LogP contribution is -2.37. The van der Waals surface area contributed by atoms with Crippen LogP contribution in [-0.2, 0) is 15.1 Å². The molecule has 0 unspecified atom stereocenters. The maximum Gasteiger partial charge on any atom is 0.383 e. The molecule has 1 atom stereocenters. The largest absolute Gasteiger partial charge is 0.383 e. The number of hydrogen-bond donors (Lipinski definition) is 1. The number of carbonyl (C=O) groups is 1. The Labute approximate surface area is 121 Å². The SMILES string of the molecule is CC(=O)C[C@@H]1NS(=O)(=O)Oc2c(Br)cc(Br)cc21. The number of ketones is 1. The minimum atomic E-state index is -3.87. The van der Waals surface area contributed by atoms with Gasteiger partial charge in [0.25, 0.3) is 0 Å². The van der Waals surface area contributed by atoms with Crippen molar-refractivity contribution in [1.29, 1.82) is 0 Å². The number of fused-ring (bicyclic) bond motifs is 1. The molecule has 1 aromatic rings. The smallest absolute Gasteiger partial charge is 0.369 e. The van der Waals surface area contributed by atoms with E-state index in [9.17, 15) is 13.2 Å². The first-order valence-corrected chi connectivity index (χ1v) is 7.98. The summed E-state index contributed by atoms with van der Waals surface area (Å²) in [6, 6.07) is 2.81. The number of Topliss-reactive ketones (excluding diaryl/α,β-unsaturated/α-hetero) is 1. The Morgan fingerprint density at radius 2 is 2.11 bits per heavy atom. The van der Waals surface area contributed by atoms with Crippen LogP contribution in [-0.4, -0.2) is 14.2 Å². The van der Waals surface area contributed by atoms with E-state index in [0.29, 0.717) is 10.0 Å². The van der Waals surface area contributed by atoms with Gasteiger partial charge in [-0.15, -0.1) is 0 Å². The van der Waals surface area contributed by atoms with Crippen molar-refractivity contribution in [2.75, 3.05) is 0 Å². The summed E-state index contributed by atoms with van der Waals surface area (Å²) in [5, 5.41) is 0. The molecule has 1 heterocycles. The lowest BCUT2D eigenvalue weighted by atomic mass is 10.0. The fourth-order valence-electron chi connectivity index (χ4n) is 1.74. The fraction of sp³-hybridized carbons (Fsp3) is 0.300. The van der Waals surface area contributed by atoms with Crippen molar-refractivity contribution in [2.45, 2.75) is 19.4 Å². The summed E-state index contributed by atoms with van der Waals surface area (Å²) in [7, 11) is -3.87. The normalized spacial score (nSPS) is 20.9. The second-order valence-corrected chi connectivity index (χ2v) is 7.00. The fourth-order valence-corrected chi connectivity index (χ4v) is 4.20. The maximum absolute atomic E-state index is 11.6. The van der Waals surface area contributed by atoms with E-state index < -0.39 is 16.3 Å². The molecule has 1 aromatic carbocycles. The molecule has 1 N–H and O–H groups in total. The molecule has 0 radical (unpaired) electrons. The molecule has 0 aromatic heterocycles. The lowest BCUT2D eigenvalue weighted by Gasteiger charge is -2.26. The monoisotopic (exact) mass is 397 g/mol. The average Bonchev–Trinajstić information content (AvgIpc) is 2.18. The second kappa shape index (κ2) is 4.92. The first kappa shape index (κ1) is 14.0. The second-order valence-electron chi connectivity index (χ2n) is 3.92. The molecule has 98 valence electrons. The van der Waals surface area contributed by atoms with Gasteiger partial charge in [0.05, 0.1) is 10.5 Å². The highest BCUT2D eigenvalue weighted by molar-refractivity contribution is 9.11. The van der Waals surface area contributed by atoms with Gasteiger partial charge in [-0.2, -0.15) is 13.1 Å². The first-order valence-electron chi connectivity index (χ1n) is 4.98. The van der Waals surface area contributed by atoms with E-state index in [0.717, 1.165) is 4.47 Å². The lowest BCUT2D eigenvalue weighted by molar-refractivity contribution is -0.117. The zero-order valence-corrected chi connectivity index (χ0v) is 13.2. The summed E-state index contributed by atoms with van der Waals surface area (Å²) in [6.45, 7) is 1.41. The molecule has 0 aliphatic carbocycles. The Balaban J connectivity index is 2.56. The van der Waals surface area contributed by atoms with Crippen molar-refractivity contribution >= 4 is 47.9 Å². The third-order valence-corrected chi connectivity index (χ3v) is 4.39. The maximum atomic E-state index is 11.6. The van der Waals surface area contributed by atoms with Gasteiger partial charge in [-0.1, -0.05) is 15.9 Å². The van der Waals surface area contributed by atoms with E-state index in [1.807, 2.05) is 0 Å². The van der Waals surface area contributed by atoms with Crippen LogP contribution in [0.15, 0.2) is 21.1 Å². The highest BCUT2D eigenvalue weighted by atomic mass is 79.9. The van der Waals surface area contributed by atoms with E-state index in [2.05, 4.69) is 36.6 Å². The number of halogens is 2. The molecule has 0 spiro atoms. The number of hydrogen-bond acceptors (Lipinski definition) is 4. The van der Waals surface area contributed by atoms with Crippen LogP contribution >= 0.6 is 31.9 Å². The minimum absolute atomic E-state index is 0.0818. The number of nitrogens with one attached hydrogen (secondary N) is 1. The Hall–Kier alpha value is -0.440. The highest BCUT2D eigenvalue weighted by Crippen LogP contribution is 2.40. The summed E-state index contributed by atoms with van der Waals surface area (Å²) in [4.78, 5) is 11.2. The standard InChI is InChI=1S/C10H9Br2NO4S/c1-5(14)2-9-7-3-6(11)4-8(12)10(7)17-18(15,16)13-9/h3-4,9,13H,2H2,1H3/t9-/m0/s1. The Kier molecular flexibility index (Phi) is 3.82. The van der Waals surface area contributed by atoms with E-state index in [4.69, 9.17) is 4.18 Å². The first-order chi connectivity index (χ1) is 8.28. The zero-order valence-electron chi connectivity index (χ0n) is 9.24. The quantitative estimate of drug-likeness (QED) is 0.830. The summed E-state index contributed by atoms with van der Waals surface area (Å²) < 4.78 is 31.6. The van der Waals surface area contributed by atoms with Crippen LogP contribution < -0.4 is 8.91 Å². The Morgan fingerprint density at radius 3 is 2.72 bits per heavy atom. The minimum Gasteiger partial charge on any atom is -0.369 e. The Morgan fingerprint density at radius 1 is 1.44 bits per heavy atom. The van der Waals surface area contributed by atoms with Crippen LogP contribution in [0, 0.1) is 0 Å². The van der Waals surface area contributed by atoms with E-state index in [1.54, 1.807) is 12.1 Å². The molecule has 18 heavy (non-hydrogen) atoms. The average molecular weight is 399 g/mol. The van der Waals surface area contributed by atoms with Crippen LogP contribution in [0.25, 0.3) is 0 Å². The van der Waals surface area contributed by atoms with Crippen molar-refractivity contribution in [2.24, 2.45) is 0 Å². The zero-order chi connectivity index (χ0) is 13.5. The van der Waals surface area contributed by atoms with Crippen molar-refractivity contribution in [3.05, 3.63) is 26.6 Å². The number of benzene rings is 1. The third-order valence-electron chi connectivity index (χ3n) is 2.38. The molecule has 0 saturated carbocycles. The summed E-state index contributed by atoms with van der Waals surface area (Å²) in [6.07, 6.45) is 0.0818. The van der Waals surface area contributed by atoms with Crippen molar-refractivity contribution in [1.82, 2.24) is 4.72 Å². The van der Waals surface area contributed by atoms with Crippen LogP contribution in [0.2, 0.25) is 0 Å². The molecule has 1 aliphatic heterocycles. The topological polar surface area (TPSA) is 72.5 Å². The summed E-state index contributed by atoms with van der Waals surface area (Å²) >= 11 is 6.56. The van der Waals surface area contributed by atoms with Crippen molar-refractivity contribution in [3.8, 4) is 5.75 Å². The van der Waals surface area contributed by atoms with Crippen LogP contribution in [0.4, 0.5) is 0 Å². The van der Waals surface area contributed by atoms with Crippen molar-refractivity contribution < 1.29 is 17.4 Å². The molecule has 8 heteroatoms. The van der Waals surface area contributed by atoms with Gasteiger partial charge in [-0.05, 0) is 35.0 Å². The van der Waals surface area contributed by atoms with Gasteiger partial charge >= 0.3 is 10.3 Å². The molecule has 0 amide bonds. The summed E-state index contributed by atoms with van der Waals surface area (Å²) in [5.41, 5.74) is 0.626. The molecule has 1 aliphatic rings. The van der Waals surface area contributed by atoms with Gasteiger partial charge in [0.15, 0.2) is 5.75 Å². The van der Waals surface area contributed by atoms with Crippen LogP contribution in [0.5, 0.6) is 5.75 Å². The van der Waals surface area contributed by atoms with Gasteiger partial charge in [0.2, 0.25) is 0 Å².